The smallest absolute Gasteiger partial charge is 0.276 e. The van der Waals surface area contributed by atoms with Crippen LogP contribution >= 0.6 is 23.2 Å². The van der Waals surface area contributed by atoms with Gasteiger partial charge in [0.05, 0.1) is 28.9 Å². The molecule has 2 aromatic rings. The molecule has 1 fully saturated rings. The Labute approximate surface area is 143 Å². The number of carbonyl (C=O) groups excluding carboxylic acids is 1. The van der Waals surface area contributed by atoms with Gasteiger partial charge in [-0.3, -0.25) is 4.79 Å². The number of carbonyl (C=O) groups is 1. The number of nitrogens with zero attached hydrogens (tertiary/aromatic N) is 3. The molecule has 0 atom stereocenters. The first-order chi connectivity index (χ1) is 11.1. The first kappa shape index (κ1) is 16.0. The van der Waals surface area contributed by atoms with Gasteiger partial charge in [-0.15, -0.1) is 10.2 Å². The Morgan fingerprint density at radius 1 is 1.09 bits per heavy atom. The largest absolute Gasteiger partial charge is 0.378 e. The van der Waals surface area contributed by atoms with Crippen molar-refractivity contribution in [2.75, 3.05) is 36.5 Å². The van der Waals surface area contributed by atoms with E-state index < -0.39 is 5.91 Å². The fourth-order valence-electron chi connectivity index (χ4n) is 2.20. The molecule has 1 aromatic carbocycles. The highest BCUT2D eigenvalue weighted by molar-refractivity contribution is 6.39. The lowest BCUT2D eigenvalue weighted by atomic mass is 10.3. The molecular weight excluding hydrogens is 339 g/mol. The van der Waals surface area contributed by atoms with Gasteiger partial charge in [-0.25, -0.2) is 0 Å². The van der Waals surface area contributed by atoms with Crippen molar-refractivity contribution in [2.24, 2.45) is 0 Å². The lowest BCUT2D eigenvalue weighted by Crippen LogP contribution is -2.37. The van der Waals surface area contributed by atoms with E-state index in [1.165, 1.54) is 0 Å². The van der Waals surface area contributed by atoms with Crippen LogP contribution in [0.5, 0.6) is 0 Å². The zero-order valence-electron chi connectivity index (χ0n) is 12.1. The van der Waals surface area contributed by atoms with E-state index in [1.807, 2.05) is 0 Å². The molecule has 1 aliphatic heterocycles. The summed E-state index contributed by atoms with van der Waals surface area (Å²) in [5, 5.41) is 11.5. The molecule has 0 bridgehead atoms. The van der Waals surface area contributed by atoms with Gasteiger partial charge in [0.15, 0.2) is 11.5 Å². The lowest BCUT2D eigenvalue weighted by Gasteiger charge is -2.27. The molecule has 0 spiro atoms. The van der Waals surface area contributed by atoms with Crippen molar-refractivity contribution >= 4 is 40.6 Å². The number of morpholine rings is 1. The Morgan fingerprint density at radius 2 is 1.78 bits per heavy atom. The minimum Gasteiger partial charge on any atom is -0.378 e. The summed E-state index contributed by atoms with van der Waals surface area (Å²) in [5.74, 6) is 0.307. The van der Waals surface area contributed by atoms with Crippen LogP contribution in [0, 0.1) is 0 Å². The highest BCUT2D eigenvalue weighted by atomic mass is 35.5. The maximum atomic E-state index is 12.2. The molecule has 1 aliphatic rings. The minimum absolute atomic E-state index is 0.193. The Hall–Kier alpha value is -1.89. The van der Waals surface area contributed by atoms with E-state index in [1.54, 1.807) is 30.3 Å². The zero-order chi connectivity index (χ0) is 16.2. The van der Waals surface area contributed by atoms with E-state index >= 15 is 0 Å². The van der Waals surface area contributed by atoms with E-state index in [9.17, 15) is 4.79 Å². The average molecular weight is 353 g/mol. The van der Waals surface area contributed by atoms with Gasteiger partial charge in [0, 0.05) is 13.1 Å². The molecule has 1 saturated heterocycles. The fraction of sp³-hybridized carbons (Fsp3) is 0.267. The predicted octanol–water partition coefficient (Wildman–Crippen LogP) is 2.87. The predicted molar refractivity (Wildman–Crippen MR) is 89.5 cm³/mol. The van der Waals surface area contributed by atoms with Crippen molar-refractivity contribution in [3.8, 4) is 0 Å². The number of amides is 1. The number of hydrogen-bond acceptors (Lipinski definition) is 5. The second-order valence-electron chi connectivity index (χ2n) is 4.93. The van der Waals surface area contributed by atoms with Crippen LogP contribution in [0.25, 0.3) is 0 Å². The van der Waals surface area contributed by atoms with Gasteiger partial charge in [0.1, 0.15) is 0 Å². The van der Waals surface area contributed by atoms with Gasteiger partial charge in [-0.1, -0.05) is 29.3 Å². The van der Waals surface area contributed by atoms with Crippen molar-refractivity contribution in [1.82, 2.24) is 10.2 Å². The maximum Gasteiger partial charge on any atom is 0.276 e. The molecule has 1 amide bonds. The summed E-state index contributed by atoms with van der Waals surface area (Å²) < 4.78 is 5.29. The van der Waals surface area contributed by atoms with Crippen LogP contribution < -0.4 is 10.2 Å². The van der Waals surface area contributed by atoms with Gasteiger partial charge < -0.3 is 15.0 Å². The van der Waals surface area contributed by atoms with Gasteiger partial charge in [-0.2, -0.15) is 0 Å². The Kier molecular flexibility index (Phi) is 4.95. The highest BCUT2D eigenvalue weighted by Gasteiger charge is 2.16. The summed E-state index contributed by atoms with van der Waals surface area (Å²) in [6.07, 6.45) is 0. The van der Waals surface area contributed by atoms with E-state index in [-0.39, 0.29) is 5.69 Å². The van der Waals surface area contributed by atoms with Crippen LogP contribution in [0.1, 0.15) is 10.5 Å². The number of rotatable bonds is 3. The van der Waals surface area contributed by atoms with Gasteiger partial charge >= 0.3 is 0 Å². The number of halogens is 2. The van der Waals surface area contributed by atoms with E-state index in [0.29, 0.717) is 28.9 Å². The Balaban J connectivity index is 1.72. The number of aromatic nitrogens is 2. The molecule has 0 radical (unpaired) electrons. The minimum atomic E-state index is -0.416. The van der Waals surface area contributed by atoms with Crippen LogP contribution in [-0.2, 0) is 4.74 Å². The van der Waals surface area contributed by atoms with Crippen LogP contribution in [0.15, 0.2) is 30.3 Å². The third-order valence-electron chi connectivity index (χ3n) is 3.42. The maximum absolute atomic E-state index is 12.2. The third kappa shape index (κ3) is 3.72. The molecular formula is C15H14Cl2N4O2. The standard InChI is InChI=1S/C15H14Cl2N4O2/c16-10-2-1-3-11(17)14(10)18-15(22)12-4-5-13(20-19-12)21-6-8-23-9-7-21/h1-5H,6-9H2,(H,18,22). The van der Waals surface area contributed by atoms with E-state index in [2.05, 4.69) is 20.4 Å². The first-order valence-corrected chi connectivity index (χ1v) is 7.82. The monoisotopic (exact) mass is 352 g/mol. The van der Waals surface area contributed by atoms with Crippen LogP contribution in [0.3, 0.4) is 0 Å². The SMILES string of the molecule is O=C(Nc1c(Cl)cccc1Cl)c1ccc(N2CCOCC2)nn1. The molecule has 0 unspecified atom stereocenters. The van der Waals surface area contributed by atoms with Crippen molar-refractivity contribution in [1.29, 1.82) is 0 Å². The quantitative estimate of drug-likeness (QED) is 0.919. The summed E-state index contributed by atoms with van der Waals surface area (Å²) in [7, 11) is 0. The summed E-state index contributed by atoms with van der Waals surface area (Å²) >= 11 is 12.1. The molecule has 0 aliphatic carbocycles. The Bertz CT molecular complexity index is 683. The second kappa shape index (κ2) is 7.12. The highest BCUT2D eigenvalue weighted by Crippen LogP contribution is 2.30. The number of nitrogens with one attached hydrogen (secondary N) is 1. The summed E-state index contributed by atoms with van der Waals surface area (Å²) in [6.45, 7) is 2.84. The fourth-order valence-corrected chi connectivity index (χ4v) is 2.69. The summed E-state index contributed by atoms with van der Waals surface area (Å²) in [4.78, 5) is 14.3. The van der Waals surface area contributed by atoms with Crippen molar-refractivity contribution < 1.29 is 9.53 Å². The molecule has 3 rings (SSSR count). The van der Waals surface area contributed by atoms with Crippen LogP contribution in [0.4, 0.5) is 11.5 Å². The lowest BCUT2D eigenvalue weighted by molar-refractivity contribution is 0.102. The molecule has 2 heterocycles. The van der Waals surface area contributed by atoms with Crippen LogP contribution in [0.2, 0.25) is 10.0 Å². The Morgan fingerprint density at radius 3 is 2.39 bits per heavy atom. The zero-order valence-corrected chi connectivity index (χ0v) is 13.6. The molecule has 120 valence electrons. The molecule has 1 aromatic heterocycles. The topological polar surface area (TPSA) is 67.4 Å². The van der Waals surface area contributed by atoms with Gasteiger partial charge in [0.2, 0.25) is 0 Å². The van der Waals surface area contributed by atoms with Crippen molar-refractivity contribution in [3.05, 3.63) is 46.1 Å². The molecule has 1 N–H and O–H groups in total. The van der Waals surface area contributed by atoms with Gasteiger partial charge in [0.25, 0.3) is 5.91 Å². The molecule has 0 saturated carbocycles. The summed E-state index contributed by atoms with van der Waals surface area (Å²) in [5.41, 5.74) is 0.554. The van der Waals surface area contributed by atoms with E-state index in [4.69, 9.17) is 27.9 Å². The van der Waals surface area contributed by atoms with Crippen molar-refractivity contribution in [2.45, 2.75) is 0 Å². The number of para-hydroxylation sites is 1. The molecule has 6 nitrogen and oxygen atoms in total. The normalized spacial score (nSPS) is 14.6. The van der Waals surface area contributed by atoms with E-state index in [0.717, 1.165) is 18.9 Å². The molecule has 8 heteroatoms. The first-order valence-electron chi connectivity index (χ1n) is 7.07. The van der Waals surface area contributed by atoms with Crippen LogP contribution in [-0.4, -0.2) is 42.4 Å². The number of benzene rings is 1. The second-order valence-corrected chi connectivity index (χ2v) is 5.74. The number of hydrogen-bond donors (Lipinski definition) is 1. The van der Waals surface area contributed by atoms with Gasteiger partial charge in [-0.05, 0) is 24.3 Å². The third-order valence-corrected chi connectivity index (χ3v) is 4.05. The summed E-state index contributed by atoms with van der Waals surface area (Å²) in [6, 6.07) is 8.39. The van der Waals surface area contributed by atoms with Crippen molar-refractivity contribution in [3.63, 3.8) is 0 Å². The average Bonchev–Trinajstić information content (AvgIpc) is 2.59. The number of anilines is 2. The molecule has 23 heavy (non-hydrogen) atoms. The number of ether oxygens (including phenoxy) is 1.